The van der Waals surface area contributed by atoms with Crippen LogP contribution in [-0.2, 0) is 9.53 Å². The highest BCUT2D eigenvalue weighted by atomic mass is 19.1. The lowest BCUT2D eigenvalue weighted by Crippen LogP contribution is -2.27. The predicted octanol–water partition coefficient (Wildman–Crippen LogP) is 5.77. The minimum Gasteiger partial charge on any atom is -0.493 e. The zero-order chi connectivity index (χ0) is 22.8. The number of hydrogen-bond donors (Lipinski definition) is 3. The zero-order valence-electron chi connectivity index (χ0n) is 17.6. The first-order valence-electron chi connectivity index (χ1n) is 9.59. The molecule has 0 aliphatic rings. The summed E-state index contributed by atoms with van der Waals surface area (Å²) in [5.41, 5.74) is 0.963. The van der Waals surface area contributed by atoms with Crippen LogP contribution in [0.4, 0.5) is 20.6 Å². The second-order valence-electron chi connectivity index (χ2n) is 8.02. The van der Waals surface area contributed by atoms with Crippen molar-refractivity contribution < 1.29 is 23.8 Å². The number of azo groups is 1. The van der Waals surface area contributed by atoms with Gasteiger partial charge in [-0.1, -0.05) is 12.1 Å². The van der Waals surface area contributed by atoms with Crippen LogP contribution in [0.2, 0.25) is 0 Å². The van der Waals surface area contributed by atoms with Gasteiger partial charge in [-0.3, -0.25) is 10.1 Å². The molecule has 1 unspecified atom stereocenters. The van der Waals surface area contributed by atoms with Crippen LogP contribution in [0.1, 0.15) is 39.2 Å². The van der Waals surface area contributed by atoms with E-state index in [0.29, 0.717) is 22.2 Å². The number of aromatic nitrogens is 1. The van der Waals surface area contributed by atoms with E-state index < -0.39 is 29.3 Å². The SMILES string of the molecule is CC(C(=O)N=Nc1c(O)[nH]c2ccc(NC(=O)OC(C)(C)C)cc12)c1ccc(F)cc1. The fourth-order valence-electron chi connectivity index (χ4n) is 2.84. The summed E-state index contributed by atoms with van der Waals surface area (Å²) in [6, 6.07) is 10.4. The number of anilines is 1. The number of hydrogen-bond acceptors (Lipinski definition) is 5. The lowest BCUT2D eigenvalue weighted by Gasteiger charge is -2.19. The van der Waals surface area contributed by atoms with Crippen LogP contribution in [0.15, 0.2) is 52.7 Å². The molecule has 0 saturated heterocycles. The van der Waals surface area contributed by atoms with E-state index in [0.717, 1.165) is 0 Å². The number of nitrogens with one attached hydrogen (secondary N) is 2. The van der Waals surface area contributed by atoms with Crippen molar-refractivity contribution >= 4 is 34.3 Å². The molecule has 0 spiro atoms. The summed E-state index contributed by atoms with van der Waals surface area (Å²) in [7, 11) is 0. The van der Waals surface area contributed by atoms with Crippen molar-refractivity contribution in [2.75, 3.05) is 5.32 Å². The van der Waals surface area contributed by atoms with E-state index >= 15 is 0 Å². The third-order valence-electron chi connectivity index (χ3n) is 4.39. The maximum absolute atomic E-state index is 13.1. The highest BCUT2D eigenvalue weighted by molar-refractivity contribution is 5.98. The van der Waals surface area contributed by atoms with E-state index in [2.05, 4.69) is 20.5 Å². The van der Waals surface area contributed by atoms with Gasteiger partial charge < -0.3 is 14.8 Å². The molecule has 0 fully saturated rings. The Morgan fingerprint density at radius 2 is 1.84 bits per heavy atom. The largest absolute Gasteiger partial charge is 0.493 e. The second kappa shape index (κ2) is 8.55. The Hall–Kier alpha value is -3.75. The Morgan fingerprint density at radius 3 is 2.48 bits per heavy atom. The van der Waals surface area contributed by atoms with E-state index in [-0.39, 0.29) is 11.6 Å². The number of carbonyl (C=O) groups is 2. The quantitative estimate of drug-likeness (QED) is 0.459. The molecule has 2 amide bonds. The third-order valence-corrected chi connectivity index (χ3v) is 4.39. The Bertz CT molecular complexity index is 1150. The van der Waals surface area contributed by atoms with Crippen LogP contribution >= 0.6 is 0 Å². The van der Waals surface area contributed by atoms with Crippen LogP contribution < -0.4 is 5.32 Å². The number of fused-ring (bicyclic) bond motifs is 1. The molecular formula is C22H23FN4O4. The number of amides is 2. The molecule has 0 saturated carbocycles. The van der Waals surface area contributed by atoms with Crippen molar-refractivity contribution in [3.8, 4) is 5.88 Å². The first-order chi connectivity index (χ1) is 14.5. The molecule has 162 valence electrons. The monoisotopic (exact) mass is 426 g/mol. The van der Waals surface area contributed by atoms with Crippen LogP contribution in [0.25, 0.3) is 10.9 Å². The molecule has 1 aromatic heterocycles. The molecule has 8 nitrogen and oxygen atoms in total. The zero-order valence-corrected chi connectivity index (χ0v) is 17.6. The van der Waals surface area contributed by atoms with Gasteiger partial charge in [-0.2, -0.15) is 0 Å². The number of ether oxygens (including phenoxy) is 1. The highest BCUT2D eigenvalue weighted by Crippen LogP contribution is 2.37. The number of rotatable bonds is 4. The first kappa shape index (κ1) is 21.9. The van der Waals surface area contributed by atoms with Gasteiger partial charge in [0.1, 0.15) is 11.4 Å². The molecule has 0 aliphatic heterocycles. The molecule has 3 rings (SSSR count). The van der Waals surface area contributed by atoms with Crippen molar-refractivity contribution in [1.29, 1.82) is 0 Å². The molecule has 0 bridgehead atoms. The normalized spacial score (nSPS) is 12.8. The molecule has 0 aliphatic carbocycles. The van der Waals surface area contributed by atoms with E-state index in [1.54, 1.807) is 45.9 Å². The second-order valence-corrected chi connectivity index (χ2v) is 8.02. The molecule has 1 heterocycles. The maximum atomic E-state index is 13.1. The summed E-state index contributed by atoms with van der Waals surface area (Å²) in [4.78, 5) is 27.1. The van der Waals surface area contributed by atoms with Crippen LogP contribution in [0.3, 0.4) is 0 Å². The molecule has 31 heavy (non-hydrogen) atoms. The fourth-order valence-corrected chi connectivity index (χ4v) is 2.84. The summed E-state index contributed by atoms with van der Waals surface area (Å²) >= 11 is 0. The van der Waals surface area contributed by atoms with E-state index in [1.807, 2.05) is 0 Å². The van der Waals surface area contributed by atoms with Crippen LogP contribution in [-0.4, -0.2) is 27.7 Å². The van der Waals surface area contributed by atoms with Gasteiger partial charge in [0.05, 0.1) is 11.4 Å². The Morgan fingerprint density at radius 1 is 1.16 bits per heavy atom. The number of benzene rings is 2. The molecule has 3 N–H and O–H groups in total. The number of aromatic hydroxyl groups is 1. The van der Waals surface area contributed by atoms with Gasteiger partial charge in [0, 0.05) is 11.1 Å². The van der Waals surface area contributed by atoms with Gasteiger partial charge in [0.15, 0.2) is 5.69 Å². The molecule has 2 aromatic carbocycles. The van der Waals surface area contributed by atoms with Crippen LogP contribution in [0, 0.1) is 5.82 Å². The number of aromatic amines is 1. The van der Waals surface area contributed by atoms with Gasteiger partial charge in [0.25, 0.3) is 5.91 Å². The van der Waals surface area contributed by atoms with Crippen molar-refractivity contribution in [3.63, 3.8) is 0 Å². The molecule has 1 atom stereocenters. The standard InChI is InChI=1S/C22H23FN4O4/c1-12(13-5-7-14(23)8-6-13)19(28)27-26-18-16-11-15(9-10-17(16)25-20(18)29)24-21(30)31-22(2,3)4/h5-12,25,29H,1-4H3,(H,24,30). The fraction of sp³-hybridized carbons (Fsp3) is 0.273. The highest BCUT2D eigenvalue weighted by Gasteiger charge is 2.18. The smallest absolute Gasteiger partial charge is 0.412 e. The predicted molar refractivity (Wildman–Crippen MR) is 114 cm³/mol. The average Bonchev–Trinajstić information content (AvgIpc) is 2.99. The molecular weight excluding hydrogens is 403 g/mol. The third kappa shape index (κ3) is 5.44. The first-order valence-corrected chi connectivity index (χ1v) is 9.59. The van der Waals surface area contributed by atoms with Crippen LogP contribution in [0.5, 0.6) is 5.88 Å². The lowest BCUT2D eigenvalue weighted by atomic mass is 10.0. The minimum atomic E-state index is -0.651. The van der Waals surface area contributed by atoms with Crippen molar-refractivity contribution in [2.24, 2.45) is 10.2 Å². The number of halogens is 1. The summed E-state index contributed by atoms with van der Waals surface area (Å²) in [5.74, 6) is -1.86. The molecule has 0 radical (unpaired) electrons. The summed E-state index contributed by atoms with van der Waals surface area (Å²) in [6.45, 7) is 6.89. The Labute approximate surface area is 178 Å². The topological polar surface area (TPSA) is 116 Å². The Kier molecular flexibility index (Phi) is 6.05. The van der Waals surface area contributed by atoms with Gasteiger partial charge >= 0.3 is 6.09 Å². The number of nitrogens with zero attached hydrogens (tertiary/aromatic N) is 2. The number of carbonyl (C=O) groups excluding carboxylic acids is 2. The molecule has 9 heteroatoms. The lowest BCUT2D eigenvalue weighted by molar-refractivity contribution is -0.119. The van der Waals surface area contributed by atoms with Gasteiger partial charge in [-0.05, 0) is 63.6 Å². The van der Waals surface area contributed by atoms with Gasteiger partial charge in [0.2, 0.25) is 5.88 Å². The van der Waals surface area contributed by atoms with Crippen molar-refractivity contribution in [3.05, 3.63) is 53.8 Å². The number of H-pyrrole nitrogens is 1. The van der Waals surface area contributed by atoms with Crippen molar-refractivity contribution in [2.45, 2.75) is 39.2 Å². The van der Waals surface area contributed by atoms with E-state index in [4.69, 9.17) is 4.74 Å². The van der Waals surface area contributed by atoms with Crippen molar-refractivity contribution in [1.82, 2.24) is 4.98 Å². The van der Waals surface area contributed by atoms with Gasteiger partial charge in [-0.15, -0.1) is 10.2 Å². The van der Waals surface area contributed by atoms with E-state index in [1.165, 1.54) is 24.3 Å². The minimum absolute atomic E-state index is 0.0579. The average molecular weight is 426 g/mol. The summed E-state index contributed by atoms with van der Waals surface area (Å²) in [6.07, 6.45) is -0.627. The van der Waals surface area contributed by atoms with Gasteiger partial charge in [-0.25, -0.2) is 9.18 Å². The Balaban J connectivity index is 1.82. The molecule has 3 aromatic rings. The van der Waals surface area contributed by atoms with E-state index in [9.17, 15) is 19.1 Å². The maximum Gasteiger partial charge on any atom is 0.412 e. The summed E-state index contributed by atoms with van der Waals surface area (Å²) in [5, 5.41) is 20.9. The summed E-state index contributed by atoms with van der Waals surface area (Å²) < 4.78 is 18.3.